The molecule has 0 aliphatic carbocycles. The zero-order chi connectivity index (χ0) is 13.9. The van der Waals surface area contributed by atoms with Crippen molar-refractivity contribution >= 4 is 32.4 Å². The molecule has 0 unspecified atom stereocenters. The first kappa shape index (κ1) is 13.2. The molecule has 0 amide bonds. The van der Waals surface area contributed by atoms with E-state index in [1.54, 1.807) is 0 Å². The number of aromatic nitrogens is 2. The molecule has 0 aliphatic heterocycles. The van der Waals surface area contributed by atoms with Gasteiger partial charge in [-0.25, -0.2) is 4.98 Å². The van der Waals surface area contributed by atoms with Crippen molar-refractivity contribution in [3.63, 3.8) is 0 Å². The second-order valence-corrected chi connectivity index (χ2v) is 5.63. The van der Waals surface area contributed by atoms with Gasteiger partial charge in [-0.2, -0.15) is 0 Å². The van der Waals surface area contributed by atoms with Crippen molar-refractivity contribution in [2.45, 2.75) is 6.42 Å². The molecule has 4 heteroatoms. The Morgan fingerprint density at radius 1 is 1.15 bits per heavy atom. The lowest BCUT2D eigenvalue weighted by atomic mass is 10.1. The Morgan fingerprint density at radius 3 is 2.70 bits per heavy atom. The molecule has 1 aromatic heterocycles. The van der Waals surface area contributed by atoms with Crippen LogP contribution in [0.15, 0.2) is 53.3 Å². The van der Waals surface area contributed by atoms with Crippen molar-refractivity contribution in [3.8, 4) is 0 Å². The molecule has 3 nitrogen and oxygen atoms in total. The minimum atomic E-state index is 0.872. The lowest BCUT2D eigenvalue weighted by Crippen LogP contribution is -2.08. The van der Waals surface area contributed by atoms with Crippen LogP contribution in [-0.4, -0.2) is 16.1 Å². The molecule has 0 spiro atoms. The van der Waals surface area contributed by atoms with Crippen LogP contribution in [0.5, 0.6) is 0 Å². The van der Waals surface area contributed by atoms with Crippen molar-refractivity contribution in [2.75, 3.05) is 11.9 Å². The zero-order valence-corrected chi connectivity index (χ0v) is 12.9. The topological polar surface area (TPSA) is 29.9 Å². The van der Waals surface area contributed by atoms with Gasteiger partial charge in [-0.15, -0.1) is 0 Å². The number of aryl methyl sites for hydroxylation is 1. The Bertz CT molecular complexity index is 733. The highest BCUT2D eigenvalue weighted by Crippen LogP contribution is 2.29. The first-order valence-corrected chi connectivity index (χ1v) is 7.42. The summed E-state index contributed by atoms with van der Waals surface area (Å²) in [6, 6.07) is 12.6. The van der Waals surface area contributed by atoms with Gasteiger partial charge in [0.2, 0.25) is 0 Å². The molecule has 0 saturated heterocycles. The van der Waals surface area contributed by atoms with E-state index >= 15 is 0 Å². The number of fused-ring (bicyclic) bond motifs is 1. The van der Waals surface area contributed by atoms with Gasteiger partial charge in [-0.1, -0.05) is 40.2 Å². The van der Waals surface area contributed by atoms with Crippen LogP contribution < -0.4 is 5.32 Å². The summed E-state index contributed by atoms with van der Waals surface area (Å²) >= 11 is 3.60. The predicted octanol–water partition coefficient (Wildman–Crippen LogP) is 3.99. The lowest BCUT2D eigenvalue weighted by molar-refractivity contribution is 0.790. The van der Waals surface area contributed by atoms with Gasteiger partial charge in [0.15, 0.2) is 0 Å². The molecule has 0 bridgehead atoms. The number of anilines is 1. The largest absolute Gasteiger partial charge is 0.384 e. The monoisotopic (exact) mass is 329 g/mol. The number of halogens is 1. The Labute approximate surface area is 126 Å². The first-order chi connectivity index (χ1) is 9.75. The minimum Gasteiger partial charge on any atom is -0.384 e. The van der Waals surface area contributed by atoms with Crippen LogP contribution in [-0.2, 0) is 13.5 Å². The molecule has 0 aliphatic rings. The molecule has 0 saturated carbocycles. The molecule has 0 atom stereocenters. The molecule has 1 heterocycles. The van der Waals surface area contributed by atoms with Gasteiger partial charge in [0.1, 0.15) is 5.82 Å². The van der Waals surface area contributed by atoms with Gasteiger partial charge in [-0.05, 0) is 17.5 Å². The average molecular weight is 330 g/mol. The highest BCUT2D eigenvalue weighted by molar-refractivity contribution is 9.10. The van der Waals surface area contributed by atoms with Gasteiger partial charge >= 0.3 is 0 Å². The van der Waals surface area contributed by atoms with Crippen molar-refractivity contribution in [2.24, 2.45) is 7.05 Å². The highest BCUT2D eigenvalue weighted by Gasteiger charge is 2.04. The van der Waals surface area contributed by atoms with E-state index in [1.807, 2.05) is 19.4 Å². The minimum absolute atomic E-state index is 0.872. The number of hydrogen-bond acceptors (Lipinski definition) is 2. The third-order valence-corrected chi connectivity index (χ3v) is 4.15. The molecule has 2 aromatic carbocycles. The summed E-state index contributed by atoms with van der Waals surface area (Å²) in [7, 11) is 2.03. The van der Waals surface area contributed by atoms with E-state index in [2.05, 4.69) is 67.2 Å². The van der Waals surface area contributed by atoms with Crippen LogP contribution in [0, 0.1) is 0 Å². The predicted molar refractivity (Wildman–Crippen MR) is 87.0 cm³/mol. The summed E-state index contributed by atoms with van der Waals surface area (Å²) in [5, 5.41) is 5.97. The van der Waals surface area contributed by atoms with Crippen molar-refractivity contribution in [1.29, 1.82) is 0 Å². The maximum absolute atomic E-state index is 4.34. The first-order valence-electron chi connectivity index (χ1n) is 6.63. The fourth-order valence-electron chi connectivity index (χ4n) is 2.36. The van der Waals surface area contributed by atoms with Crippen LogP contribution in [0.3, 0.4) is 0 Å². The number of nitrogens with zero attached hydrogens (tertiary/aromatic N) is 2. The van der Waals surface area contributed by atoms with Gasteiger partial charge < -0.3 is 9.88 Å². The molecular weight excluding hydrogens is 314 g/mol. The Kier molecular flexibility index (Phi) is 3.74. The third kappa shape index (κ3) is 2.56. The van der Waals surface area contributed by atoms with E-state index in [0.29, 0.717) is 0 Å². The van der Waals surface area contributed by atoms with E-state index in [4.69, 9.17) is 0 Å². The van der Waals surface area contributed by atoms with Crippen molar-refractivity contribution in [3.05, 3.63) is 59.1 Å². The fourth-order valence-corrected chi connectivity index (χ4v) is 2.84. The molecule has 3 aromatic rings. The van der Waals surface area contributed by atoms with Crippen LogP contribution in [0.1, 0.15) is 5.82 Å². The van der Waals surface area contributed by atoms with Gasteiger partial charge in [-0.3, -0.25) is 0 Å². The van der Waals surface area contributed by atoms with Crippen LogP contribution in [0.25, 0.3) is 10.8 Å². The normalized spacial score (nSPS) is 10.9. The number of hydrogen-bond donors (Lipinski definition) is 1. The Morgan fingerprint density at radius 2 is 1.95 bits per heavy atom. The number of rotatable bonds is 4. The standard InChI is InChI=1S/C16H16BrN3/c1-20-11-10-19-16(20)8-9-18-15-7-6-14(17)12-4-2-3-5-13(12)15/h2-7,10-11,18H,8-9H2,1H3. The number of nitrogens with one attached hydrogen (secondary N) is 1. The molecule has 3 rings (SSSR count). The molecule has 102 valence electrons. The molecule has 0 fully saturated rings. The van der Waals surface area contributed by atoms with E-state index in [-0.39, 0.29) is 0 Å². The quantitative estimate of drug-likeness (QED) is 0.784. The molecule has 0 radical (unpaired) electrons. The molecule has 1 N–H and O–H groups in total. The van der Waals surface area contributed by atoms with Crippen LogP contribution >= 0.6 is 15.9 Å². The Balaban J connectivity index is 1.78. The lowest BCUT2D eigenvalue weighted by Gasteiger charge is -2.11. The van der Waals surface area contributed by atoms with Crippen molar-refractivity contribution < 1.29 is 0 Å². The van der Waals surface area contributed by atoms with E-state index in [9.17, 15) is 0 Å². The summed E-state index contributed by atoms with van der Waals surface area (Å²) in [6.07, 6.45) is 4.72. The van der Waals surface area contributed by atoms with Crippen molar-refractivity contribution in [1.82, 2.24) is 9.55 Å². The average Bonchev–Trinajstić information content (AvgIpc) is 2.87. The van der Waals surface area contributed by atoms with Gasteiger partial charge in [0.05, 0.1) is 0 Å². The molecule has 20 heavy (non-hydrogen) atoms. The summed E-state index contributed by atoms with van der Waals surface area (Å²) in [6.45, 7) is 0.872. The summed E-state index contributed by atoms with van der Waals surface area (Å²) < 4.78 is 3.18. The SMILES string of the molecule is Cn1ccnc1CCNc1ccc(Br)c2ccccc12. The smallest absolute Gasteiger partial charge is 0.110 e. The fraction of sp³-hybridized carbons (Fsp3) is 0.188. The molecular formula is C16H16BrN3. The number of imidazole rings is 1. The van der Waals surface area contributed by atoms with Gasteiger partial charge in [0.25, 0.3) is 0 Å². The maximum atomic E-state index is 4.34. The Hall–Kier alpha value is -1.81. The van der Waals surface area contributed by atoms with E-state index in [1.165, 1.54) is 10.8 Å². The summed E-state index contributed by atoms with van der Waals surface area (Å²) in [5.74, 6) is 1.10. The van der Waals surface area contributed by atoms with Crippen LogP contribution in [0.4, 0.5) is 5.69 Å². The summed E-state index contributed by atoms with van der Waals surface area (Å²) in [4.78, 5) is 4.34. The highest BCUT2D eigenvalue weighted by atomic mass is 79.9. The summed E-state index contributed by atoms with van der Waals surface area (Å²) in [5.41, 5.74) is 1.16. The number of benzene rings is 2. The van der Waals surface area contributed by atoms with E-state index in [0.717, 1.165) is 29.0 Å². The second kappa shape index (κ2) is 5.67. The third-order valence-electron chi connectivity index (χ3n) is 3.46. The second-order valence-electron chi connectivity index (χ2n) is 4.77. The van der Waals surface area contributed by atoms with Crippen LogP contribution in [0.2, 0.25) is 0 Å². The zero-order valence-electron chi connectivity index (χ0n) is 11.3. The van der Waals surface area contributed by atoms with Gasteiger partial charge in [0, 0.05) is 48.0 Å². The maximum Gasteiger partial charge on any atom is 0.110 e. The van der Waals surface area contributed by atoms with E-state index < -0.39 is 0 Å².